The molecule has 26 heavy (non-hydrogen) atoms. The highest BCUT2D eigenvalue weighted by atomic mass is 16.5. The van der Waals surface area contributed by atoms with Gasteiger partial charge in [-0.2, -0.15) is 0 Å². The van der Waals surface area contributed by atoms with Crippen LogP contribution in [0.1, 0.15) is 36.0 Å². The molecule has 3 heterocycles. The normalized spacial score (nSPS) is 21.9. The van der Waals surface area contributed by atoms with E-state index < -0.39 is 0 Å². The van der Waals surface area contributed by atoms with Crippen molar-refractivity contribution in [1.82, 2.24) is 15.2 Å². The summed E-state index contributed by atoms with van der Waals surface area (Å²) in [7, 11) is 0. The van der Waals surface area contributed by atoms with Crippen LogP contribution in [0.4, 0.5) is 0 Å². The van der Waals surface area contributed by atoms with Crippen LogP contribution >= 0.6 is 0 Å². The number of carbonyl (C=O) groups excluding carboxylic acids is 1. The Labute approximate surface area is 152 Å². The molecule has 2 aliphatic heterocycles. The lowest BCUT2D eigenvalue weighted by Crippen LogP contribution is -2.46. The lowest BCUT2D eigenvalue weighted by atomic mass is 10.0. The summed E-state index contributed by atoms with van der Waals surface area (Å²) in [4.78, 5) is 29.8. The Morgan fingerprint density at radius 3 is 2.81 bits per heavy atom. The van der Waals surface area contributed by atoms with Gasteiger partial charge in [0.2, 0.25) is 5.56 Å². The molecule has 0 unspecified atom stereocenters. The fraction of sp³-hybridized carbons (Fsp3) is 0.500. The van der Waals surface area contributed by atoms with E-state index in [0.717, 1.165) is 50.9 Å². The maximum absolute atomic E-state index is 12.7. The van der Waals surface area contributed by atoms with Crippen molar-refractivity contribution < 1.29 is 9.53 Å². The molecule has 6 heteroatoms. The van der Waals surface area contributed by atoms with E-state index >= 15 is 0 Å². The average Bonchev–Trinajstić information content (AvgIpc) is 3.15. The number of rotatable bonds is 4. The molecule has 138 valence electrons. The third-order valence-corrected chi connectivity index (χ3v) is 5.40. The molecule has 2 saturated heterocycles. The van der Waals surface area contributed by atoms with Crippen LogP contribution in [0.3, 0.4) is 0 Å². The van der Waals surface area contributed by atoms with Gasteiger partial charge in [0, 0.05) is 49.3 Å². The van der Waals surface area contributed by atoms with Crippen LogP contribution in [0.5, 0.6) is 0 Å². The summed E-state index contributed by atoms with van der Waals surface area (Å²) in [5.74, 6) is -0.162. The molecular weight excluding hydrogens is 330 g/mol. The zero-order valence-electron chi connectivity index (χ0n) is 14.9. The number of piperidine rings is 1. The highest BCUT2D eigenvalue weighted by molar-refractivity contribution is 6.06. The molecule has 0 saturated carbocycles. The molecule has 0 aliphatic carbocycles. The molecule has 1 aromatic heterocycles. The first kappa shape index (κ1) is 17.2. The summed E-state index contributed by atoms with van der Waals surface area (Å²) in [6.07, 6.45) is 4.57. The maximum atomic E-state index is 12.7. The van der Waals surface area contributed by atoms with Crippen LogP contribution in [-0.4, -0.2) is 54.2 Å². The number of pyridine rings is 1. The van der Waals surface area contributed by atoms with Crippen LogP contribution in [0.15, 0.2) is 35.1 Å². The summed E-state index contributed by atoms with van der Waals surface area (Å²) in [5.41, 5.74) is 0.892. The number of nitrogens with one attached hydrogen (secondary N) is 2. The third-order valence-electron chi connectivity index (χ3n) is 5.40. The number of hydrogen-bond donors (Lipinski definition) is 2. The first-order valence-electron chi connectivity index (χ1n) is 9.46. The number of benzene rings is 1. The predicted octanol–water partition coefficient (Wildman–Crippen LogP) is 1.90. The Morgan fingerprint density at radius 1 is 1.23 bits per heavy atom. The number of H-pyrrole nitrogens is 1. The van der Waals surface area contributed by atoms with Gasteiger partial charge in [-0.3, -0.25) is 9.59 Å². The quantitative estimate of drug-likeness (QED) is 0.878. The zero-order valence-corrected chi connectivity index (χ0v) is 14.9. The molecule has 0 bridgehead atoms. The molecule has 2 aromatic rings. The number of hydrogen-bond acceptors (Lipinski definition) is 4. The van der Waals surface area contributed by atoms with Crippen molar-refractivity contribution in [3.05, 3.63) is 46.2 Å². The predicted molar refractivity (Wildman–Crippen MR) is 100 cm³/mol. The fourth-order valence-corrected chi connectivity index (χ4v) is 3.99. The largest absolute Gasteiger partial charge is 0.377 e. The second-order valence-corrected chi connectivity index (χ2v) is 7.28. The van der Waals surface area contributed by atoms with Gasteiger partial charge < -0.3 is 19.9 Å². The molecule has 6 nitrogen and oxygen atoms in total. The smallest absolute Gasteiger partial charge is 0.252 e. The Morgan fingerprint density at radius 2 is 2.04 bits per heavy atom. The highest BCUT2D eigenvalue weighted by Crippen LogP contribution is 2.18. The minimum atomic E-state index is -0.250. The molecule has 4 rings (SSSR count). The van der Waals surface area contributed by atoms with Crippen molar-refractivity contribution in [1.29, 1.82) is 0 Å². The second kappa shape index (κ2) is 7.60. The molecular formula is C20H25N3O3. The van der Waals surface area contributed by atoms with Gasteiger partial charge >= 0.3 is 0 Å². The molecule has 2 aliphatic rings. The van der Waals surface area contributed by atoms with Gasteiger partial charge in [0.25, 0.3) is 5.91 Å². The molecule has 2 N–H and O–H groups in total. The number of nitrogens with zero attached hydrogens (tertiary/aromatic N) is 1. The summed E-state index contributed by atoms with van der Waals surface area (Å²) < 4.78 is 5.71. The number of likely N-dealkylation sites (tertiary alicyclic amines) is 1. The van der Waals surface area contributed by atoms with Crippen molar-refractivity contribution in [2.45, 2.75) is 37.8 Å². The number of aromatic nitrogens is 1. The Bertz CT molecular complexity index is 834. The van der Waals surface area contributed by atoms with Gasteiger partial charge in [0.15, 0.2) is 0 Å². The van der Waals surface area contributed by atoms with Gasteiger partial charge in [-0.05, 0) is 31.7 Å². The van der Waals surface area contributed by atoms with Crippen LogP contribution in [-0.2, 0) is 4.74 Å². The lowest BCUT2D eigenvalue weighted by molar-refractivity contribution is 0.0613. The van der Waals surface area contributed by atoms with E-state index in [0.29, 0.717) is 17.2 Å². The van der Waals surface area contributed by atoms with Crippen molar-refractivity contribution >= 4 is 16.8 Å². The summed E-state index contributed by atoms with van der Waals surface area (Å²) in [6, 6.07) is 8.96. The van der Waals surface area contributed by atoms with Crippen LogP contribution in [0, 0.1) is 0 Å². The van der Waals surface area contributed by atoms with E-state index in [4.69, 9.17) is 4.74 Å². The SMILES string of the molecule is O=C(NC1CCN(C[C@H]2CCCO2)CC1)c1cc(=O)[nH]c2ccccc12. The Kier molecular flexibility index (Phi) is 5.04. The standard InChI is InChI=1S/C20H25N3O3/c24-19-12-17(16-5-1-2-6-18(16)22-19)20(25)21-14-7-9-23(10-8-14)13-15-4-3-11-26-15/h1-2,5-6,12,14-15H,3-4,7-11,13H2,(H,21,25)(H,22,24)/t15-/m1/s1. The van der Waals surface area contributed by atoms with Crippen molar-refractivity contribution in [2.24, 2.45) is 0 Å². The molecule has 1 aromatic carbocycles. The molecule has 2 fully saturated rings. The lowest BCUT2D eigenvalue weighted by Gasteiger charge is -2.33. The van der Waals surface area contributed by atoms with Gasteiger partial charge in [0.05, 0.1) is 11.7 Å². The minimum Gasteiger partial charge on any atom is -0.377 e. The fourth-order valence-electron chi connectivity index (χ4n) is 3.99. The van der Waals surface area contributed by atoms with E-state index in [-0.39, 0.29) is 17.5 Å². The van der Waals surface area contributed by atoms with Gasteiger partial charge in [-0.1, -0.05) is 18.2 Å². The summed E-state index contributed by atoms with van der Waals surface area (Å²) >= 11 is 0. The Hall–Kier alpha value is -2.18. The monoisotopic (exact) mass is 355 g/mol. The molecule has 1 amide bonds. The molecule has 1 atom stereocenters. The first-order valence-corrected chi connectivity index (χ1v) is 9.46. The van der Waals surface area contributed by atoms with Gasteiger partial charge in [-0.25, -0.2) is 0 Å². The number of amides is 1. The summed E-state index contributed by atoms with van der Waals surface area (Å²) in [6.45, 7) is 3.84. The van der Waals surface area contributed by atoms with Crippen molar-refractivity contribution in [3.63, 3.8) is 0 Å². The number of para-hydroxylation sites is 1. The number of carbonyl (C=O) groups is 1. The zero-order chi connectivity index (χ0) is 17.9. The van der Waals surface area contributed by atoms with Crippen LogP contribution in [0.2, 0.25) is 0 Å². The van der Waals surface area contributed by atoms with E-state index in [2.05, 4.69) is 15.2 Å². The summed E-state index contributed by atoms with van der Waals surface area (Å²) in [5, 5.41) is 3.90. The second-order valence-electron chi connectivity index (χ2n) is 7.28. The minimum absolute atomic E-state index is 0.154. The highest BCUT2D eigenvalue weighted by Gasteiger charge is 2.25. The van der Waals surface area contributed by atoms with E-state index in [9.17, 15) is 9.59 Å². The first-order chi connectivity index (χ1) is 12.7. The molecule has 0 spiro atoms. The molecule has 0 radical (unpaired) electrons. The number of aromatic amines is 1. The maximum Gasteiger partial charge on any atom is 0.252 e. The third kappa shape index (κ3) is 3.81. The van der Waals surface area contributed by atoms with Crippen molar-refractivity contribution in [3.8, 4) is 0 Å². The average molecular weight is 355 g/mol. The van der Waals surface area contributed by atoms with E-state index in [1.54, 1.807) is 0 Å². The van der Waals surface area contributed by atoms with Crippen LogP contribution < -0.4 is 10.9 Å². The van der Waals surface area contributed by atoms with E-state index in [1.807, 2.05) is 24.3 Å². The van der Waals surface area contributed by atoms with E-state index in [1.165, 1.54) is 12.5 Å². The number of ether oxygens (including phenoxy) is 1. The van der Waals surface area contributed by atoms with Gasteiger partial charge in [-0.15, -0.1) is 0 Å². The number of fused-ring (bicyclic) bond motifs is 1. The Balaban J connectivity index is 1.38. The van der Waals surface area contributed by atoms with Crippen LogP contribution in [0.25, 0.3) is 10.9 Å². The topological polar surface area (TPSA) is 74.4 Å². The van der Waals surface area contributed by atoms with Gasteiger partial charge in [0.1, 0.15) is 0 Å². The van der Waals surface area contributed by atoms with Crippen molar-refractivity contribution in [2.75, 3.05) is 26.2 Å².